The van der Waals surface area contributed by atoms with Gasteiger partial charge in [-0.25, -0.2) is 4.79 Å². The Kier molecular flexibility index (Phi) is 9.37. The molecule has 0 N–H and O–H groups in total. The van der Waals surface area contributed by atoms with Crippen molar-refractivity contribution in [3.8, 4) is 34.5 Å². The third kappa shape index (κ3) is 7.72. The summed E-state index contributed by atoms with van der Waals surface area (Å²) < 4.78 is 22.4. The minimum atomic E-state index is -0.516. The van der Waals surface area contributed by atoms with E-state index in [0.717, 1.165) is 23.1 Å². The predicted molar refractivity (Wildman–Crippen MR) is 171 cm³/mol. The zero-order chi connectivity index (χ0) is 30.9. The van der Waals surface area contributed by atoms with Crippen molar-refractivity contribution >= 4 is 29.0 Å². The van der Waals surface area contributed by atoms with E-state index in [2.05, 4.69) is 42.7 Å². The van der Waals surface area contributed by atoms with Crippen LogP contribution in [0.4, 0.5) is 17.1 Å². The van der Waals surface area contributed by atoms with Crippen LogP contribution in [0.15, 0.2) is 134 Å². The summed E-state index contributed by atoms with van der Waals surface area (Å²) in [5, 5.41) is 0. The molecule has 0 fully saturated rings. The van der Waals surface area contributed by atoms with Gasteiger partial charge >= 0.3 is 11.9 Å². The fraction of sp³-hybridized carbons (Fsp3) is 0.0811. The SMILES string of the molecule is C=CC(=O)Oc1ccc(Oc2ccc(N(c3ccc(C)cc3)c3ccc(Oc4ccc(OC(=O)CC)cc4)cc3)cc2)cc1. The van der Waals surface area contributed by atoms with E-state index in [1.54, 1.807) is 55.5 Å². The average molecular weight is 586 g/mol. The lowest BCUT2D eigenvalue weighted by Crippen LogP contribution is -2.09. The number of hydrogen-bond donors (Lipinski definition) is 0. The predicted octanol–water partition coefficient (Wildman–Crippen LogP) is 9.46. The molecule has 0 radical (unpaired) electrons. The van der Waals surface area contributed by atoms with Crippen molar-refractivity contribution in [3.63, 3.8) is 0 Å². The maximum atomic E-state index is 11.5. The van der Waals surface area contributed by atoms with Crippen LogP contribution in [0.2, 0.25) is 0 Å². The molecule has 5 aromatic rings. The number of ether oxygens (including phenoxy) is 4. The third-order valence-corrected chi connectivity index (χ3v) is 6.51. The fourth-order valence-corrected chi connectivity index (χ4v) is 4.25. The van der Waals surface area contributed by atoms with Gasteiger partial charge in [-0.3, -0.25) is 4.79 Å². The molecular weight excluding hydrogens is 554 g/mol. The Hall–Kier alpha value is -5.82. The molecule has 0 spiro atoms. The molecule has 0 aromatic heterocycles. The molecule has 220 valence electrons. The summed E-state index contributed by atoms with van der Waals surface area (Å²) in [5.74, 6) is 2.67. The summed E-state index contributed by atoms with van der Waals surface area (Å²) in [6.45, 7) is 7.21. The summed E-state index contributed by atoms with van der Waals surface area (Å²) in [6, 6.07) is 37.7. The van der Waals surface area contributed by atoms with Crippen molar-refractivity contribution in [2.45, 2.75) is 20.3 Å². The van der Waals surface area contributed by atoms with Gasteiger partial charge in [0.15, 0.2) is 0 Å². The molecule has 5 aromatic carbocycles. The van der Waals surface area contributed by atoms with Gasteiger partial charge in [0.2, 0.25) is 0 Å². The van der Waals surface area contributed by atoms with Gasteiger partial charge in [-0.15, -0.1) is 0 Å². The van der Waals surface area contributed by atoms with Crippen LogP contribution in [0.25, 0.3) is 0 Å². The lowest BCUT2D eigenvalue weighted by molar-refractivity contribution is -0.134. The molecule has 0 amide bonds. The van der Waals surface area contributed by atoms with Gasteiger partial charge in [0, 0.05) is 29.6 Å². The Bertz CT molecular complexity index is 1710. The normalized spacial score (nSPS) is 10.4. The number of aryl methyl sites for hydroxylation is 1. The smallest absolute Gasteiger partial charge is 0.335 e. The first-order valence-electron chi connectivity index (χ1n) is 14.1. The van der Waals surface area contributed by atoms with Gasteiger partial charge in [-0.1, -0.05) is 31.2 Å². The number of esters is 2. The zero-order valence-electron chi connectivity index (χ0n) is 24.4. The standard InChI is InChI=1S/C37H31NO6/c1-4-36(39)43-34-22-18-32(19-23-34)41-30-14-10-28(11-15-30)38(27-8-6-26(3)7-9-27)29-12-16-31(17-13-29)42-33-20-24-35(25-21-33)44-37(40)5-2/h4,6-25H,1,5H2,2-3H3. The van der Waals surface area contributed by atoms with Crippen LogP contribution < -0.4 is 23.8 Å². The number of carbonyl (C=O) groups excluding carboxylic acids is 2. The highest BCUT2D eigenvalue weighted by Crippen LogP contribution is 2.37. The molecular formula is C37H31NO6. The van der Waals surface area contributed by atoms with Crippen molar-refractivity contribution < 1.29 is 28.5 Å². The molecule has 0 aliphatic rings. The number of nitrogens with zero attached hydrogens (tertiary/aromatic N) is 1. The summed E-state index contributed by atoms with van der Waals surface area (Å²) in [6.07, 6.45) is 1.43. The Balaban J connectivity index is 1.32. The summed E-state index contributed by atoms with van der Waals surface area (Å²) in [7, 11) is 0. The van der Waals surface area contributed by atoms with Gasteiger partial charge in [0.05, 0.1) is 0 Å². The lowest BCUT2D eigenvalue weighted by atomic mass is 10.1. The Labute approximate surface area is 256 Å². The lowest BCUT2D eigenvalue weighted by Gasteiger charge is -2.26. The van der Waals surface area contributed by atoms with E-state index in [1.807, 2.05) is 48.5 Å². The van der Waals surface area contributed by atoms with Crippen LogP contribution in [-0.4, -0.2) is 11.9 Å². The number of benzene rings is 5. The highest BCUT2D eigenvalue weighted by Gasteiger charge is 2.14. The van der Waals surface area contributed by atoms with Gasteiger partial charge in [0.1, 0.15) is 34.5 Å². The van der Waals surface area contributed by atoms with Crippen molar-refractivity contribution in [1.82, 2.24) is 0 Å². The maximum Gasteiger partial charge on any atom is 0.335 e. The topological polar surface area (TPSA) is 74.3 Å². The summed E-state index contributed by atoms with van der Waals surface area (Å²) >= 11 is 0. The van der Waals surface area contributed by atoms with Gasteiger partial charge < -0.3 is 23.8 Å². The van der Waals surface area contributed by atoms with Gasteiger partial charge in [-0.05, 0) is 116 Å². The van der Waals surface area contributed by atoms with E-state index in [-0.39, 0.29) is 5.97 Å². The van der Waals surface area contributed by atoms with Crippen LogP contribution in [0.1, 0.15) is 18.9 Å². The first-order valence-corrected chi connectivity index (χ1v) is 14.1. The molecule has 0 aliphatic heterocycles. The molecule has 5 rings (SSSR count). The van der Waals surface area contributed by atoms with Crippen molar-refractivity contribution in [3.05, 3.63) is 140 Å². The quantitative estimate of drug-likeness (QED) is 0.0868. The highest BCUT2D eigenvalue weighted by molar-refractivity contribution is 5.83. The molecule has 7 nitrogen and oxygen atoms in total. The third-order valence-electron chi connectivity index (χ3n) is 6.51. The molecule has 0 aliphatic carbocycles. The van der Waals surface area contributed by atoms with Gasteiger partial charge in [0.25, 0.3) is 0 Å². The second-order valence-electron chi connectivity index (χ2n) is 9.76. The van der Waals surface area contributed by atoms with Gasteiger partial charge in [-0.2, -0.15) is 0 Å². The average Bonchev–Trinajstić information content (AvgIpc) is 3.05. The monoisotopic (exact) mass is 585 g/mol. The van der Waals surface area contributed by atoms with E-state index in [4.69, 9.17) is 18.9 Å². The van der Waals surface area contributed by atoms with Crippen LogP contribution in [-0.2, 0) is 9.59 Å². The minimum absolute atomic E-state index is 0.283. The summed E-state index contributed by atoms with van der Waals surface area (Å²) in [4.78, 5) is 25.1. The van der Waals surface area contributed by atoms with Crippen molar-refractivity contribution in [1.29, 1.82) is 0 Å². The molecule has 0 heterocycles. The van der Waals surface area contributed by atoms with E-state index in [9.17, 15) is 9.59 Å². The fourth-order valence-electron chi connectivity index (χ4n) is 4.25. The van der Waals surface area contributed by atoms with Crippen molar-refractivity contribution in [2.75, 3.05) is 4.90 Å². The second-order valence-corrected chi connectivity index (χ2v) is 9.76. The summed E-state index contributed by atoms with van der Waals surface area (Å²) in [5.41, 5.74) is 4.06. The van der Waals surface area contributed by atoms with Crippen LogP contribution in [0.5, 0.6) is 34.5 Å². The Morgan fingerprint density at radius 1 is 0.568 bits per heavy atom. The maximum absolute atomic E-state index is 11.5. The first-order chi connectivity index (χ1) is 21.4. The number of rotatable bonds is 11. The van der Waals surface area contributed by atoms with Crippen LogP contribution in [0.3, 0.4) is 0 Å². The minimum Gasteiger partial charge on any atom is -0.457 e. The number of anilines is 3. The van der Waals surface area contributed by atoms with Crippen molar-refractivity contribution in [2.24, 2.45) is 0 Å². The number of hydrogen-bond acceptors (Lipinski definition) is 7. The molecule has 0 saturated carbocycles. The largest absolute Gasteiger partial charge is 0.457 e. The molecule has 0 atom stereocenters. The molecule has 44 heavy (non-hydrogen) atoms. The Morgan fingerprint density at radius 2 is 0.909 bits per heavy atom. The Morgan fingerprint density at radius 3 is 1.30 bits per heavy atom. The van der Waals surface area contributed by atoms with Crippen LogP contribution in [0, 0.1) is 6.92 Å². The van der Waals surface area contributed by atoms with Crippen LogP contribution >= 0.6 is 0 Å². The van der Waals surface area contributed by atoms with E-state index < -0.39 is 5.97 Å². The molecule has 0 unspecified atom stereocenters. The zero-order valence-corrected chi connectivity index (χ0v) is 24.4. The highest BCUT2D eigenvalue weighted by atomic mass is 16.5. The second kappa shape index (κ2) is 13.9. The van der Waals surface area contributed by atoms with E-state index in [0.29, 0.717) is 40.9 Å². The van der Waals surface area contributed by atoms with E-state index in [1.165, 1.54) is 5.56 Å². The molecule has 0 saturated heterocycles. The molecule has 0 bridgehead atoms. The number of carbonyl (C=O) groups is 2. The molecule has 7 heteroatoms. The first kappa shape index (κ1) is 29.7. The van der Waals surface area contributed by atoms with E-state index >= 15 is 0 Å².